The molecular formula is CH3F2IS. The van der Waals surface area contributed by atoms with Gasteiger partial charge < -0.3 is 0 Å². The van der Waals surface area contributed by atoms with E-state index in [1.165, 1.54) is 0 Å². The quantitative estimate of drug-likeness (QED) is 0.541. The Labute approximate surface area is 43.4 Å². The summed E-state index contributed by atoms with van der Waals surface area (Å²) in [7, 11) is -3.20. The monoisotopic (exact) mass is 212 g/mol. The lowest BCUT2D eigenvalue weighted by molar-refractivity contribution is 0.788. The van der Waals surface area contributed by atoms with Crippen LogP contribution in [0.3, 0.4) is 0 Å². The maximum atomic E-state index is 11.1. The molecule has 34 valence electrons. The topological polar surface area (TPSA) is 0 Å². The highest BCUT2D eigenvalue weighted by molar-refractivity contribution is 14.2. The second kappa shape index (κ2) is 1.59. The molecule has 0 aromatic heterocycles. The lowest BCUT2D eigenvalue weighted by Crippen LogP contribution is -1.54. The van der Waals surface area contributed by atoms with Crippen LogP contribution in [-0.4, -0.2) is 6.26 Å². The standard InChI is InChI=1S/CH3F2IS/c1-5(2,3)4/h1H3. The first-order chi connectivity index (χ1) is 2.00. The van der Waals surface area contributed by atoms with Crippen molar-refractivity contribution in [3.8, 4) is 0 Å². The normalized spacial score (nSPS) is 15.2. The predicted molar refractivity (Wildman–Crippen MR) is 29.8 cm³/mol. The minimum atomic E-state index is -3.20. The number of rotatable bonds is 0. The van der Waals surface area contributed by atoms with Crippen molar-refractivity contribution in [3.05, 3.63) is 0 Å². The van der Waals surface area contributed by atoms with Gasteiger partial charge in [0.2, 0.25) is 0 Å². The van der Waals surface area contributed by atoms with Crippen LogP contribution >= 0.6 is 29.2 Å². The molecule has 0 radical (unpaired) electrons. The lowest BCUT2D eigenvalue weighted by Gasteiger charge is -1.98. The highest BCUT2D eigenvalue weighted by Gasteiger charge is 2.03. The average molecular weight is 212 g/mol. The Morgan fingerprint density at radius 3 is 1.60 bits per heavy atom. The zero-order valence-corrected chi connectivity index (χ0v) is 5.52. The van der Waals surface area contributed by atoms with E-state index in [0.29, 0.717) is 0 Å². The van der Waals surface area contributed by atoms with E-state index in [4.69, 9.17) is 0 Å². The minimum Gasteiger partial charge on any atom is -0.148 e. The molecule has 0 aliphatic rings. The van der Waals surface area contributed by atoms with E-state index < -0.39 is 7.97 Å². The van der Waals surface area contributed by atoms with Gasteiger partial charge in [-0.3, -0.25) is 0 Å². The lowest BCUT2D eigenvalue weighted by atomic mass is 12.0. The van der Waals surface area contributed by atoms with Crippen LogP contribution in [-0.2, 0) is 0 Å². The summed E-state index contributed by atoms with van der Waals surface area (Å²) in [5.41, 5.74) is 0. The first-order valence-corrected chi connectivity index (χ1v) is 5.26. The molecule has 0 saturated heterocycles. The summed E-state index contributed by atoms with van der Waals surface area (Å²) in [6.45, 7) is 0. The Bertz CT molecular complexity index is 25.1. The first kappa shape index (κ1) is 5.94. The van der Waals surface area contributed by atoms with Crippen molar-refractivity contribution < 1.29 is 7.77 Å². The number of hydrogen-bond donors (Lipinski definition) is 0. The van der Waals surface area contributed by atoms with Crippen LogP contribution in [0, 0.1) is 0 Å². The van der Waals surface area contributed by atoms with E-state index in [2.05, 4.69) is 0 Å². The molecule has 0 spiro atoms. The third-order valence-corrected chi connectivity index (χ3v) is 0. The number of hydrogen-bond acceptors (Lipinski definition) is 0. The molecule has 0 bridgehead atoms. The molecule has 0 aromatic rings. The van der Waals surface area contributed by atoms with Crippen LogP contribution in [0.15, 0.2) is 0 Å². The van der Waals surface area contributed by atoms with Crippen LogP contribution in [0.4, 0.5) is 7.77 Å². The van der Waals surface area contributed by atoms with Crippen molar-refractivity contribution in [3.63, 3.8) is 0 Å². The molecule has 0 amide bonds. The maximum absolute atomic E-state index is 11.1. The first-order valence-electron chi connectivity index (χ1n) is 0.871. The van der Waals surface area contributed by atoms with Crippen LogP contribution in [0.2, 0.25) is 0 Å². The Morgan fingerprint density at radius 2 is 1.60 bits per heavy atom. The molecule has 0 saturated carbocycles. The summed E-state index contributed by atoms with van der Waals surface area (Å²) >= 11 is 1.13. The van der Waals surface area contributed by atoms with Gasteiger partial charge in [-0.1, -0.05) is 0 Å². The van der Waals surface area contributed by atoms with Gasteiger partial charge in [0.15, 0.2) is 0 Å². The molecule has 0 nitrogen and oxygen atoms in total. The fourth-order valence-corrected chi connectivity index (χ4v) is 0. The summed E-state index contributed by atoms with van der Waals surface area (Å²) in [4.78, 5) is 0. The van der Waals surface area contributed by atoms with Crippen LogP contribution in [0.5, 0.6) is 0 Å². The van der Waals surface area contributed by atoms with Gasteiger partial charge in [-0.05, 0) is 0 Å². The van der Waals surface area contributed by atoms with Crippen molar-refractivity contribution in [2.45, 2.75) is 0 Å². The molecule has 0 aliphatic carbocycles. The molecule has 5 heavy (non-hydrogen) atoms. The van der Waals surface area contributed by atoms with Gasteiger partial charge >= 0.3 is 0 Å². The number of halogens is 3. The Hall–Kier alpha value is 0.940. The Balaban J connectivity index is 3.02. The van der Waals surface area contributed by atoms with Gasteiger partial charge in [0.05, 0.1) is 0 Å². The third kappa shape index (κ3) is 48.3. The molecule has 0 rings (SSSR count). The average Bonchev–Trinajstić information content (AvgIpc) is 0.722. The molecule has 0 atom stereocenters. The highest BCUT2D eigenvalue weighted by atomic mass is 127. The summed E-state index contributed by atoms with van der Waals surface area (Å²) < 4.78 is 22.2. The van der Waals surface area contributed by atoms with Gasteiger partial charge in [-0.15, -0.1) is 7.77 Å². The van der Waals surface area contributed by atoms with E-state index in [9.17, 15) is 7.77 Å². The molecule has 0 fully saturated rings. The van der Waals surface area contributed by atoms with Gasteiger partial charge in [-0.25, -0.2) is 0 Å². The largest absolute Gasteiger partial charge is 0.148 e. The fourth-order valence-electron chi connectivity index (χ4n) is 0. The molecule has 0 heterocycles. The summed E-state index contributed by atoms with van der Waals surface area (Å²) in [6.07, 6.45) is 0.924. The molecule has 0 aromatic carbocycles. The van der Waals surface area contributed by atoms with Crippen molar-refractivity contribution in [2.24, 2.45) is 0 Å². The van der Waals surface area contributed by atoms with E-state index in [1.807, 2.05) is 0 Å². The zero-order valence-electron chi connectivity index (χ0n) is 2.54. The summed E-state index contributed by atoms with van der Waals surface area (Å²) in [5, 5.41) is 0. The van der Waals surface area contributed by atoms with Gasteiger partial charge in [0, 0.05) is 27.5 Å². The van der Waals surface area contributed by atoms with E-state index in [1.54, 1.807) is 0 Å². The van der Waals surface area contributed by atoms with Crippen molar-refractivity contribution in [1.29, 1.82) is 0 Å². The molecule has 0 unspecified atom stereocenters. The Morgan fingerprint density at radius 1 is 1.60 bits per heavy atom. The highest BCUT2D eigenvalue weighted by Crippen LogP contribution is 2.55. The maximum Gasteiger partial charge on any atom is 0.108 e. The minimum absolute atomic E-state index is 0.924. The van der Waals surface area contributed by atoms with Gasteiger partial charge in [-0.2, -0.15) is 0 Å². The Kier molecular flexibility index (Phi) is 1.89. The molecule has 0 aliphatic heterocycles. The predicted octanol–water partition coefficient (Wildman–Crippen LogP) is 2.54. The van der Waals surface area contributed by atoms with Gasteiger partial charge in [0.1, 0.15) is 7.97 Å². The van der Waals surface area contributed by atoms with E-state index >= 15 is 0 Å². The van der Waals surface area contributed by atoms with Crippen molar-refractivity contribution >= 4 is 29.2 Å². The van der Waals surface area contributed by atoms with E-state index in [0.717, 1.165) is 27.5 Å². The zero-order chi connectivity index (χ0) is 4.50. The van der Waals surface area contributed by atoms with Crippen LogP contribution < -0.4 is 0 Å². The van der Waals surface area contributed by atoms with Gasteiger partial charge in [0.25, 0.3) is 0 Å². The van der Waals surface area contributed by atoms with Crippen LogP contribution in [0.1, 0.15) is 0 Å². The second-order valence-electron chi connectivity index (χ2n) is 0.638. The van der Waals surface area contributed by atoms with E-state index in [-0.39, 0.29) is 0 Å². The fraction of sp³-hybridized carbons (Fsp3) is 1.00. The third-order valence-electron chi connectivity index (χ3n) is 0. The van der Waals surface area contributed by atoms with Crippen LogP contribution in [0.25, 0.3) is 0 Å². The SMILES string of the molecule is CS(F)(F)I. The van der Waals surface area contributed by atoms with Crippen molar-refractivity contribution in [1.82, 2.24) is 0 Å². The molecule has 4 heteroatoms. The smallest absolute Gasteiger partial charge is 0.108 e. The summed E-state index contributed by atoms with van der Waals surface area (Å²) in [5.74, 6) is 0. The summed E-state index contributed by atoms with van der Waals surface area (Å²) in [6, 6.07) is 0. The molecular weight excluding hydrogens is 209 g/mol. The molecule has 0 N–H and O–H groups in total. The second-order valence-corrected chi connectivity index (χ2v) is 6.55. The van der Waals surface area contributed by atoms with Crippen molar-refractivity contribution in [2.75, 3.05) is 6.26 Å².